The minimum absolute atomic E-state index is 0.0517. The molecule has 2 saturated carbocycles. The summed E-state index contributed by atoms with van der Waals surface area (Å²) in [7, 11) is 0. The first kappa shape index (κ1) is 36.3. The van der Waals surface area contributed by atoms with Gasteiger partial charge in [0, 0.05) is 52.6 Å². The van der Waals surface area contributed by atoms with Crippen LogP contribution in [0.15, 0.2) is 59.7 Å². The lowest BCUT2D eigenvalue weighted by atomic mass is 9.66. The van der Waals surface area contributed by atoms with Crippen molar-refractivity contribution in [1.29, 1.82) is 21.0 Å². The number of carbonyl (C=O) groups excluding carboxylic acids is 4. The van der Waals surface area contributed by atoms with E-state index < -0.39 is 23.1 Å². The molecule has 3 aromatic carbocycles. The van der Waals surface area contributed by atoms with Gasteiger partial charge in [-0.05, 0) is 120 Å². The smallest absolute Gasteiger partial charge is 0.197 e. The number of benzene rings is 3. The van der Waals surface area contributed by atoms with Crippen LogP contribution < -0.4 is 0 Å². The summed E-state index contributed by atoms with van der Waals surface area (Å²) in [6.07, 6.45) is 14.0. The molecule has 11 rings (SSSR count). The van der Waals surface area contributed by atoms with E-state index in [0.29, 0.717) is 0 Å². The first-order valence-corrected chi connectivity index (χ1v) is 21.8. The highest BCUT2D eigenvalue weighted by atomic mass is 32.1. The third-order valence-corrected chi connectivity index (χ3v) is 16.2. The first-order chi connectivity index (χ1) is 29.1. The summed E-state index contributed by atoms with van der Waals surface area (Å²) in [5.41, 5.74) is 8.20. The quantitative estimate of drug-likeness (QED) is 0.125. The fourth-order valence-electron chi connectivity index (χ4n) is 11.2. The van der Waals surface area contributed by atoms with Crippen LogP contribution in [-0.4, -0.2) is 23.1 Å². The normalized spacial score (nSPS) is 18.3. The molecular weight excluding hydrogens is 785 g/mol. The fraction of sp³-hybridized carbons (Fsp3) is 0.240. The average Bonchev–Trinajstić information content (AvgIpc) is 4.09. The summed E-state index contributed by atoms with van der Waals surface area (Å²) in [6.45, 7) is 0. The number of hydrogen-bond donors (Lipinski definition) is 0. The van der Waals surface area contributed by atoms with Crippen LogP contribution in [0.3, 0.4) is 0 Å². The molecule has 0 aliphatic heterocycles. The van der Waals surface area contributed by atoms with Gasteiger partial charge in [0.2, 0.25) is 0 Å². The molecule has 0 unspecified atom stereocenters. The molecule has 2 aromatic heterocycles. The van der Waals surface area contributed by atoms with Gasteiger partial charge in [0.15, 0.2) is 23.1 Å². The zero-order chi connectivity index (χ0) is 41.2. The molecule has 6 aliphatic carbocycles. The molecular formula is C50H30N4O4S2. The zero-order valence-corrected chi connectivity index (χ0v) is 33.7. The number of thiophene rings is 2. The summed E-state index contributed by atoms with van der Waals surface area (Å²) in [4.78, 5) is 58.6. The molecule has 0 atom stereocenters. The first-order valence-electron chi connectivity index (χ1n) is 20.2. The molecule has 8 nitrogen and oxygen atoms in total. The van der Waals surface area contributed by atoms with Crippen LogP contribution in [-0.2, 0) is 10.8 Å². The lowest BCUT2D eigenvalue weighted by Gasteiger charge is -2.37. The monoisotopic (exact) mass is 814 g/mol. The minimum Gasteiger partial charge on any atom is -0.288 e. The number of fused-ring (bicyclic) bond motifs is 12. The van der Waals surface area contributed by atoms with Crippen molar-refractivity contribution in [3.05, 3.63) is 136 Å². The molecule has 2 spiro atoms. The molecule has 0 radical (unpaired) electrons. The van der Waals surface area contributed by atoms with E-state index in [1.165, 1.54) is 67.4 Å². The van der Waals surface area contributed by atoms with E-state index in [1.54, 1.807) is 34.8 Å². The SMILES string of the molecule is N#Cc1cc2c(cc1C#N)C(=O)C(=Cc1cc3c(s1)-c1cc4c(cc1C31CCCCC1)-c1sc(C=C3C(=O)c5cc(C#N)c(C#N)cc5C3=O)cc1C41CCCCC1)C2=O. The number of rotatable bonds is 2. The second-order valence-corrected chi connectivity index (χ2v) is 18.9. The Labute approximate surface area is 353 Å². The molecule has 2 heterocycles. The van der Waals surface area contributed by atoms with Gasteiger partial charge < -0.3 is 0 Å². The summed E-state index contributed by atoms with van der Waals surface area (Å²) in [5.74, 6) is -1.71. The van der Waals surface area contributed by atoms with Crippen LogP contribution in [0, 0.1) is 45.3 Å². The Morgan fingerprint density at radius 1 is 0.417 bits per heavy atom. The number of hydrogen-bond acceptors (Lipinski definition) is 10. The van der Waals surface area contributed by atoms with Gasteiger partial charge in [-0.1, -0.05) is 38.5 Å². The van der Waals surface area contributed by atoms with Gasteiger partial charge in [0.25, 0.3) is 0 Å². The Hall–Kier alpha value is -6.82. The third-order valence-electron chi connectivity index (χ3n) is 14.0. The van der Waals surface area contributed by atoms with Crippen LogP contribution >= 0.6 is 22.7 Å². The summed E-state index contributed by atoms with van der Waals surface area (Å²) >= 11 is 3.23. The maximum atomic E-state index is 13.6. The van der Waals surface area contributed by atoms with Crippen molar-refractivity contribution in [2.24, 2.45) is 0 Å². The van der Waals surface area contributed by atoms with Gasteiger partial charge in [-0.25, -0.2) is 0 Å². The Kier molecular flexibility index (Phi) is 7.76. The lowest BCUT2D eigenvalue weighted by Crippen LogP contribution is -2.29. The zero-order valence-electron chi connectivity index (χ0n) is 32.1. The highest BCUT2D eigenvalue weighted by Crippen LogP contribution is 2.64. The maximum absolute atomic E-state index is 13.6. The van der Waals surface area contributed by atoms with Crippen molar-refractivity contribution >= 4 is 58.0 Å². The average molecular weight is 815 g/mol. The van der Waals surface area contributed by atoms with Crippen LogP contribution in [0.5, 0.6) is 0 Å². The van der Waals surface area contributed by atoms with E-state index in [9.17, 15) is 40.2 Å². The van der Waals surface area contributed by atoms with Gasteiger partial charge in [0.1, 0.15) is 24.3 Å². The van der Waals surface area contributed by atoms with E-state index in [-0.39, 0.29) is 66.5 Å². The molecule has 5 aromatic rings. The Morgan fingerprint density at radius 2 is 0.733 bits per heavy atom. The van der Waals surface area contributed by atoms with Gasteiger partial charge >= 0.3 is 0 Å². The standard InChI is InChI=1S/C50H30N4O4S2/c51-21-25-11-31-32(12-26(25)22-52)44(56)37(43(31)55)15-29-17-41-47(59-29)35-20-40-36(19-39(35)49(41)7-3-1-4-8-49)48-42(50(40)9-5-2-6-10-50)18-30(60-48)16-38-45(57)33-13-27(23-53)28(24-54)14-34(33)46(38)58/h11-20H,1-10H2. The molecule has 0 bridgehead atoms. The topological polar surface area (TPSA) is 163 Å². The predicted molar refractivity (Wildman–Crippen MR) is 226 cm³/mol. The maximum Gasteiger partial charge on any atom is 0.197 e. The van der Waals surface area contributed by atoms with Gasteiger partial charge in [-0.2, -0.15) is 21.0 Å². The molecule has 286 valence electrons. The van der Waals surface area contributed by atoms with Crippen molar-refractivity contribution in [2.75, 3.05) is 0 Å². The molecule has 10 heteroatoms. The molecule has 0 N–H and O–H groups in total. The van der Waals surface area contributed by atoms with Crippen LogP contribution in [0.4, 0.5) is 0 Å². The largest absolute Gasteiger partial charge is 0.288 e. The Balaban J connectivity index is 1.02. The minimum atomic E-state index is -0.428. The molecule has 6 aliphatic rings. The van der Waals surface area contributed by atoms with E-state index in [0.717, 1.165) is 74.0 Å². The highest BCUT2D eigenvalue weighted by Gasteiger charge is 2.50. The fourth-order valence-corrected chi connectivity index (χ4v) is 13.6. The van der Waals surface area contributed by atoms with Crippen molar-refractivity contribution in [3.63, 3.8) is 0 Å². The van der Waals surface area contributed by atoms with Gasteiger partial charge in [0.05, 0.1) is 33.4 Å². The van der Waals surface area contributed by atoms with Gasteiger partial charge in [-0.3, -0.25) is 19.2 Å². The summed E-state index contributed by atoms with van der Waals surface area (Å²) < 4.78 is 0. The predicted octanol–water partition coefficient (Wildman–Crippen LogP) is 10.7. The third kappa shape index (κ3) is 4.72. The molecule has 60 heavy (non-hydrogen) atoms. The number of nitriles is 4. The van der Waals surface area contributed by atoms with E-state index >= 15 is 0 Å². The van der Waals surface area contributed by atoms with E-state index in [4.69, 9.17) is 0 Å². The second kappa shape index (κ2) is 12.8. The van der Waals surface area contributed by atoms with E-state index in [1.807, 2.05) is 24.3 Å². The van der Waals surface area contributed by atoms with Gasteiger partial charge in [-0.15, -0.1) is 22.7 Å². The van der Waals surface area contributed by atoms with Crippen molar-refractivity contribution < 1.29 is 19.2 Å². The molecule has 2 fully saturated rings. The summed E-state index contributed by atoms with van der Waals surface area (Å²) in [6, 6.07) is 22.6. The number of ketones is 4. The Bertz CT molecular complexity index is 2860. The van der Waals surface area contributed by atoms with Crippen LogP contribution in [0.1, 0.15) is 160 Å². The van der Waals surface area contributed by atoms with E-state index in [2.05, 4.69) is 24.3 Å². The van der Waals surface area contributed by atoms with Crippen molar-refractivity contribution in [1.82, 2.24) is 0 Å². The number of Topliss-reactive ketones (excluding diaryl/α,β-unsaturated/α-hetero) is 4. The van der Waals surface area contributed by atoms with Crippen LogP contribution in [0.25, 0.3) is 33.0 Å². The number of carbonyl (C=O) groups is 4. The second-order valence-electron chi connectivity index (χ2n) is 16.8. The van der Waals surface area contributed by atoms with Crippen molar-refractivity contribution in [2.45, 2.75) is 75.0 Å². The number of nitrogens with zero attached hydrogens (tertiary/aromatic N) is 4. The highest BCUT2D eigenvalue weighted by molar-refractivity contribution is 7.17. The molecule has 0 saturated heterocycles. The Morgan fingerprint density at radius 3 is 1.03 bits per heavy atom. The lowest BCUT2D eigenvalue weighted by molar-refractivity contribution is 0.0975. The van der Waals surface area contributed by atoms with Crippen molar-refractivity contribution in [3.8, 4) is 45.2 Å². The molecule has 0 amide bonds. The summed E-state index contributed by atoms with van der Waals surface area (Å²) in [5, 5.41) is 38.3. The van der Waals surface area contributed by atoms with Crippen LogP contribution in [0.2, 0.25) is 0 Å². The number of allylic oxidation sites excluding steroid dienone is 2.